The molecule has 1 fully saturated rings. The average Bonchev–Trinajstić information content (AvgIpc) is 2.73. The summed E-state index contributed by atoms with van der Waals surface area (Å²) >= 11 is 0. The van der Waals surface area contributed by atoms with Crippen LogP contribution in [0.2, 0.25) is 0 Å². The molecule has 156 valence electrons. The summed E-state index contributed by atoms with van der Waals surface area (Å²) in [5.74, 6) is 2.28. The van der Waals surface area contributed by atoms with E-state index in [-0.39, 0.29) is 18.0 Å². The van der Waals surface area contributed by atoms with Crippen LogP contribution in [-0.2, 0) is 4.79 Å². The van der Waals surface area contributed by atoms with E-state index in [2.05, 4.69) is 40.0 Å². The molecule has 0 bridgehead atoms. The Morgan fingerprint density at radius 2 is 1.66 bits per heavy atom. The Labute approximate surface area is 174 Å². The number of piperazine rings is 1. The van der Waals surface area contributed by atoms with Gasteiger partial charge in [-0.25, -0.2) is 9.97 Å². The monoisotopic (exact) mass is 395 g/mol. The number of carbonyl (C=O) groups excluding carboxylic acids is 1. The number of amides is 1. The van der Waals surface area contributed by atoms with Gasteiger partial charge in [0.1, 0.15) is 11.6 Å². The Hall–Kier alpha value is -2.47. The maximum atomic E-state index is 12.8. The summed E-state index contributed by atoms with van der Waals surface area (Å²) in [4.78, 5) is 26.6. The number of carbonyl (C=O) groups is 1. The highest BCUT2D eigenvalue weighted by molar-refractivity contribution is 5.81. The Bertz CT molecular complexity index is 815. The van der Waals surface area contributed by atoms with Crippen LogP contribution in [0.4, 0.5) is 5.82 Å². The molecule has 1 aromatic heterocycles. The first-order valence-electron chi connectivity index (χ1n) is 10.5. The van der Waals surface area contributed by atoms with E-state index in [9.17, 15) is 4.79 Å². The Morgan fingerprint density at radius 3 is 2.28 bits per heavy atom. The van der Waals surface area contributed by atoms with Crippen molar-refractivity contribution in [1.82, 2.24) is 20.2 Å². The smallest absolute Gasteiger partial charge is 0.237 e. The SMILES string of the molecule is Cc1cc(N2CCN([C@H](C)C(=O)N[C@H](C)c3ccccc3)CC2)nc(C(C)C)n1. The zero-order valence-corrected chi connectivity index (χ0v) is 18.2. The predicted molar refractivity (Wildman–Crippen MR) is 117 cm³/mol. The van der Waals surface area contributed by atoms with E-state index in [0.29, 0.717) is 5.92 Å². The molecule has 2 heterocycles. The molecule has 6 nitrogen and oxygen atoms in total. The third-order valence-electron chi connectivity index (χ3n) is 5.60. The van der Waals surface area contributed by atoms with Crippen LogP contribution in [0.25, 0.3) is 0 Å². The van der Waals surface area contributed by atoms with Crippen molar-refractivity contribution >= 4 is 11.7 Å². The van der Waals surface area contributed by atoms with Crippen LogP contribution >= 0.6 is 0 Å². The van der Waals surface area contributed by atoms with E-state index in [1.54, 1.807) is 0 Å². The first kappa shape index (κ1) is 21.2. The summed E-state index contributed by atoms with van der Waals surface area (Å²) in [6.45, 7) is 13.7. The number of anilines is 1. The topological polar surface area (TPSA) is 61.4 Å². The largest absolute Gasteiger partial charge is 0.354 e. The summed E-state index contributed by atoms with van der Waals surface area (Å²) in [7, 11) is 0. The van der Waals surface area contributed by atoms with Gasteiger partial charge in [0.15, 0.2) is 0 Å². The molecule has 1 aliphatic rings. The van der Waals surface area contributed by atoms with Crippen LogP contribution in [0.1, 0.15) is 56.7 Å². The lowest BCUT2D eigenvalue weighted by atomic mass is 10.1. The number of hydrogen-bond acceptors (Lipinski definition) is 5. The van der Waals surface area contributed by atoms with Gasteiger partial charge in [-0.15, -0.1) is 0 Å². The van der Waals surface area contributed by atoms with Gasteiger partial charge in [-0.1, -0.05) is 44.2 Å². The third-order valence-corrected chi connectivity index (χ3v) is 5.60. The maximum Gasteiger partial charge on any atom is 0.237 e. The Kier molecular flexibility index (Phi) is 6.85. The van der Waals surface area contributed by atoms with Crippen molar-refractivity contribution in [2.75, 3.05) is 31.1 Å². The number of aromatic nitrogens is 2. The molecular formula is C23H33N5O. The van der Waals surface area contributed by atoms with Crippen molar-refractivity contribution in [1.29, 1.82) is 0 Å². The number of aryl methyl sites for hydroxylation is 1. The lowest BCUT2D eigenvalue weighted by molar-refractivity contribution is -0.126. The van der Waals surface area contributed by atoms with Crippen LogP contribution in [-0.4, -0.2) is 53.0 Å². The van der Waals surface area contributed by atoms with Crippen molar-refractivity contribution in [3.63, 3.8) is 0 Å². The van der Waals surface area contributed by atoms with Gasteiger partial charge in [-0.05, 0) is 26.3 Å². The van der Waals surface area contributed by atoms with Crippen molar-refractivity contribution < 1.29 is 4.79 Å². The molecule has 1 N–H and O–H groups in total. The highest BCUT2D eigenvalue weighted by Gasteiger charge is 2.27. The average molecular weight is 396 g/mol. The van der Waals surface area contributed by atoms with Gasteiger partial charge in [0.05, 0.1) is 12.1 Å². The molecule has 1 aromatic carbocycles. The van der Waals surface area contributed by atoms with Gasteiger partial charge in [-0.3, -0.25) is 9.69 Å². The van der Waals surface area contributed by atoms with E-state index >= 15 is 0 Å². The highest BCUT2D eigenvalue weighted by atomic mass is 16.2. The number of nitrogens with one attached hydrogen (secondary N) is 1. The molecule has 1 saturated heterocycles. The fraction of sp³-hybridized carbons (Fsp3) is 0.522. The molecule has 0 spiro atoms. The van der Waals surface area contributed by atoms with E-state index in [4.69, 9.17) is 4.98 Å². The summed E-state index contributed by atoms with van der Waals surface area (Å²) in [5.41, 5.74) is 2.13. The fourth-order valence-corrected chi connectivity index (χ4v) is 3.66. The Morgan fingerprint density at radius 1 is 1.00 bits per heavy atom. The van der Waals surface area contributed by atoms with Gasteiger partial charge >= 0.3 is 0 Å². The lowest BCUT2D eigenvalue weighted by Gasteiger charge is -2.38. The molecular weight excluding hydrogens is 362 g/mol. The molecule has 0 aliphatic carbocycles. The second-order valence-electron chi connectivity index (χ2n) is 8.22. The van der Waals surface area contributed by atoms with E-state index in [1.165, 1.54) is 0 Å². The van der Waals surface area contributed by atoms with Crippen LogP contribution in [0.5, 0.6) is 0 Å². The number of rotatable bonds is 6. The second-order valence-corrected chi connectivity index (χ2v) is 8.22. The van der Waals surface area contributed by atoms with Crippen LogP contribution in [0.15, 0.2) is 36.4 Å². The zero-order chi connectivity index (χ0) is 21.0. The van der Waals surface area contributed by atoms with Crippen molar-refractivity contribution in [3.05, 3.63) is 53.5 Å². The third kappa shape index (κ3) is 5.32. The summed E-state index contributed by atoms with van der Waals surface area (Å²) in [6.07, 6.45) is 0. The zero-order valence-electron chi connectivity index (χ0n) is 18.2. The number of nitrogens with zero attached hydrogens (tertiary/aromatic N) is 4. The molecule has 0 unspecified atom stereocenters. The Balaban J connectivity index is 1.57. The molecule has 1 aliphatic heterocycles. The first-order chi connectivity index (χ1) is 13.8. The van der Waals surface area contributed by atoms with Crippen molar-refractivity contribution in [3.8, 4) is 0 Å². The van der Waals surface area contributed by atoms with Gasteiger partial charge in [-0.2, -0.15) is 0 Å². The van der Waals surface area contributed by atoms with Crippen LogP contribution in [0, 0.1) is 6.92 Å². The summed E-state index contributed by atoms with van der Waals surface area (Å²) in [5, 5.41) is 3.15. The lowest BCUT2D eigenvalue weighted by Crippen LogP contribution is -2.54. The number of benzene rings is 1. The molecule has 6 heteroatoms. The first-order valence-corrected chi connectivity index (χ1v) is 10.5. The molecule has 3 rings (SSSR count). The fourth-order valence-electron chi connectivity index (χ4n) is 3.66. The second kappa shape index (κ2) is 9.35. The molecule has 29 heavy (non-hydrogen) atoms. The quantitative estimate of drug-likeness (QED) is 0.813. The van der Waals surface area contributed by atoms with E-state index < -0.39 is 0 Å². The molecule has 1 amide bonds. The standard InChI is InChI=1S/C23H33N5O/c1-16(2)22-24-17(3)15-21(26-22)28-13-11-27(12-14-28)19(5)23(29)25-18(4)20-9-7-6-8-10-20/h6-10,15-16,18-19H,11-14H2,1-5H3,(H,25,29)/t18-,19-/m1/s1. The van der Waals surface area contributed by atoms with Crippen LogP contribution in [0.3, 0.4) is 0 Å². The maximum absolute atomic E-state index is 12.8. The van der Waals surface area contributed by atoms with Crippen molar-refractivity contribution in [2.45, 2.75) is 52.6 Å². The van der Waals surface area contributed by atoms with Gasteiger partial charge < -0.3 is 10.2 Å². The molecule has 2 atom stereocenters. The van der Waals surface area contributed by atoms with Crippen molar-refractivity contribution in [2.24, 2.45) is 0 Å². The minimum atomic E-state index is -0.151. The number of hydrogen-bond donors (Lipinski definition) is 1. The minimum Gasteiger partial charge on any atom is -0.354 e. The van der Waals surface area contributed by atoms with Gasteiger partial charge in [0, 0.05) is 43.9 Å². The minimum absolute atomic E-state index is 0.00545. The molecule has 2 aromatic rings. The van der Waals surface area contributed by atoms with E-state index in [1.807, 2.05) is 51.1 Å². The molecule has 0 radical (unpaired) electrons. The van der Waals surface area contributed by atoms with E-state index in [0.717, 1.165) is 49.1 Å². The predicted octanol–water partition coefficient (Wildman–Crippen LogP) is 3.30. The molecule has 0 saturated carbocycles. The van der Waals surface area contributed by atoms with Crippen LogP contribution < -0.4 is 10.2 Å². The van der Waals surface area contributed by atoms with Gasteiger partial charge in [0.25, 0.3) is 0 Å². The normalized spacial score (nSPS) is 17.2. The summed E-state index contributed by atoms with van der Waals surface area (Å²) in [6, 6.07) is 12.0. The summed E-state index contributed by atoms with van der Waals surface area (Å²) < 4.78 is 0. The highest BCUT2D eigenvalue weighted by Crippen LogP contribution is 2.19. The van der Waals surface area contributed by atoms with Gasteiger partial charge in [0.2, 0.25) is 5.91 Å².